The van der Waals surface area contributed by atoms with Crippen molar-refractivity contribution in [1.82, 2.24) is 0 Å². The van der Waals surface area contributed by atoms with Gasteiger partial charge >= 0.3 is 0 Å². The first-order chi connectivity index (χ1) is 19.7. The molecule has 4 aromatic carbocycles. The van der Waals surface area contributed by atoms with E-state index in [0.717, 1.165) is 34.4 Å². The summed E-state index contributed by atoms with van der Waals surface area (Å²) >= 11 is 3.54. The monoisotopic (exact) mass is 557 g/mol. The molecule has 40 heavy (non-hydrogen) atoms. The number of furan rings is 1. The van der Waals surface area contributed by atoms with Crippen molar-refractivity contribution in [1.29, 1.82) is 0 Å². The Morgan fingerprint density at radius 3 is 2.33 bits per heavy atom. The lowest BCUT2D eigenvalue weighted by Gasteiger charge is -2.33. The summed E-state index contributed by atoms with van der Waals surface area (Å²) in [6.45, 7) is 2.13. The van der Waals surface area contributed by atoms with Crippen molar-refractivity contribution in [2.75, 3.05) is 11.2 Å². The molecule has 1 heterocycles. The second-order valence-electron chi connectivity index (χ2n) is 9.87. The summed E-state index contributed by atoms with van der Waals surface area (Å²) < 4.78 is 6.12. The van der Waals surface area contributed by atoms with Crippen molar-refractivity contribution >= 4 is 51.9 Å². The molecule has 1 aromatic heterocycles. The number of hydrogen-bond acceptors (Lipinski definition) is 4. The van der Waals surface area contributed by atoms with Gasteiger partial charge in [-0.05, 0) is 97.3 Å². The third-order valence-electron chi connectivity index (χ3n) is 7.09. The molecule has 0 N–H and O–H groups in total. The number of hydrogen-bond donors (Lipinski definition) is 0. The van der Waals surface area contributed by atoms with Gasteiger partial charge in [-0.2, -0.15) is 0 Å². The lowest BCUT2D eigenvalue weighted by Crippen LogP contribution is -2.30. The van der Waals surface area contributed by atoms with E-state index in [4.69, 9.17) is 4.42 Å². The third-order valence-corrected chi connectivity index (χ3v) is 8.68. The van der Waals surface area contributed by atoms with Crippen LogP contribution in [0.5, 0.6) is 0 Å². The molecular weight excluding hydrogens is 527 g/mol. The maximum atomic E-state index is 6.12. The molecule has 5 aromatic rings. The van der Waals surface area contributed by atoms with E-state index in [9.17, 15) is 0 Å². The van der Waals surface area contributed by atoms with Crippen LogP contribution in [0.2, 0.25) is 0 Å². The van der Waals surface area contributed by atoms with Crippen LogP contribution in [0.25, 0.3) is 28.4 Å². The van der Waals surface area contributed by atoms with E-state index in [1.165, 1.54) is 26.6 Å². The molecule has 0 saturated carbocycles. The summed E-state index contributed by atoms with van der Waals surface area (Å²) in [4.78, 5) is 4.98. The Morgan fingerprint density at radius 2 is 1.62 bits per heavy atom. The minimum Gasteiger partial charge on any atom is -0.456 e. The van der Waals surface area contributed by atoms with E-state index in [1.54, 1.807) is 23.5 Å². The zero-order valence-corrected chi connectivity index (χ0v) is 24.3. The Morgan fingerprint density at radius 1 is 0.850 bits per heavy atom. The number of thioether (sulfide) groups is 2. The van der Waals surface area contributed by atoms with Gasteiger partial charge in [0.1, 0.15) is 11.3 Å². The van der Waals surface area contributed by atoms with Crippen LogP contribution in [-0.4, -0.2) is 12.3 Å². The van der Waals surface area contributed by atoms with Gasteiger partial charge in [-0.15, -0.1) is 11.8 Å². The fraction of sp³-hybridized carbons (Fsp3) is 0.111. The van der Waals surface area contributed by atoms with Gasteiger partial charge in [0.05, 0.1) is 6.04 Å². The summed E-state index contributed by atoms with van der Waals surface area (Å²) in [5.41, 5.74) is 6.84. The topological polar surface area (TPSA) is 16.4 Å². The van der Waals surface area contributed by atoms with Crippen molar-refractivity contribution in [3.05, 3.63) is 143 Å². The molecule has 0 radical (unpaired) electrons. The lowest BCUT2D eigenvalue weighted by atomic mass is 10.0. The summed E-state index contributed by atoms with van der Waals surface area (Å²) in [5, 5.41) is 3.29. The molecule has 0 spiro atoms. The number of rotatable bonds is 8. The van der Waals surface area contributed by atoms with Crippen LogP contribution in [0.1, 0.15) is 17.5 Å². The number of allylic oxidation sites excluding steroid dienone is 1. The van der Waals surface area contributed by atoms with Gasteiger partial charge in [0.25, 0.3) is 0 Å². The Bertz CT molecular complexity index is 1660. The minimum atomic E-state index is 0.243. The first-order valence-electron chi connectivity index (χ1n) is 13.5. The summed E-state index contributed by atoms with van der Waals surface area (Å²) in [5.74, 6) is 0.893. The van der Waals surface area contributed by atoms with Gasteiger partial charge < -0.3 is 9.32 Å². The number of aryl methyl sites for hydroxylation is 1. The molecule has 1 aliphatic carbocycles. The van der Waals surface area contributed by atoms with E-state index in [0.29, 0.717) is 0 Å². The van der Waals surface area contributed by atoms with Gasteiger partial charge in [-0.25, -0.2) is 0 Å². The van der Waals surface area contributed by atoms with Crippen molar-refractivity contribution < 1.29 is 4.42 Å². The Hall–Kier alpha value is -3.86. The van der Waals surface area contributed by atoms with Gasteiger partial charge in [0.2, 0.25) is 0 Å². The normalized spacial score (nSPS) is 15.1. The molecule has 6 rings (SSSR count). The van der Waals surface area contributed by atoms with Crippen molar-refractivity contribution in [3.63, 3.8) is 0 Å². The number of fused-ring (bicyclic) bond motifs is 1. The van der Waals surface area contributed by atoms with Crippen LogP contribution in [0.3, 0.4) is 0 Å². The van der Waals surface area contributed by atoms with Gasteiger partial charge in [-0.3, -0.25) is 0 Å². The van der Waals surface area contributed by atoms with Crippen molar-refractivity contribution in [2.24, 2.45) is 0 Å². The van der Waals surface area contributed by atoms with Crippen molar-refractivity contribution in [3.8, 4) is 11.3 Å². The molecular formula is C36H31NOS2. The number of benzene rings is 4. The molecule has 0 fully saturated rings. The highest BCUT2D eigenvalue weighted by Crippen LogP contribution is 2.36. The number of para-hydroxylation sites is 1. The summed E-state index contributed by atoms with van der Waals surface area (Å²) in [6.07, 6.45) is 12.2. The van der Waals surface area contributed by atoms with E-state index >= 15 is 0 Å². The Balaban J connectivity index is 1.25. The van der Waals surface area contributed by atoms with Gasteiger partial charge in [0.15, 0.2) is 0 Å². The standard InChI is InChI=1S/C36H31NOS2/c1-26-6-5-7-27(24-26)22-23-40-34-20-16-32(17-21-34)37(31-14-18-33(39-2)19-15-31)30-12-10-28(11-13-30)36-25-29-8-3-4-9-35(29)38-36/h3-14,16-25,31H,15H2,1-2H3/b23-22+. The molecule has 4 heteroatoms. The van der Waals surface area contributed by atoms with Gasteiger partial charge in [0, 0.05) is 32.1 Å². The fourth-order valence-corrected chi connectivity index (χ4v) is 6.18. The van der Waals surface area contributed by atoms with Crippen LogP contribution in [0, 0.1) is 6.92 Å². The van der Waals surface area contributed by atoms with E-state index < -0.39 is 0 Å². The van der Waals surface area contributed by atoms with Crippen LogP contribution in [-0.2, 0) is 0 Å². The fourth-order valence-electron chi connectivity index (χ4n) is 5.02. The summed E-state index contributed by atoms with van der Waals surface area (Å²) in [7, 11) is 0. The van der Waals surface area contributed by atoms with Crippen LogP contribution >= 0.6 is 23.5 Å². The zero-order valence-electron chi connectivity index (χ0n) is 22.7. The molecule has 198 valence electrons. The Kier molecular flexibility index (Phi) is 7.99. The smallest absolute Gasteiger partial charge is 0.135 e. The number of anilines is 2. The van der Waals surface area contributed by atoms with Crippen LogP contribution in [0.15, 0.2) is 141 Å². The SMILES string of the molecule is CSC1=CCC(N(c2ccc(S/C=C/c3cccc(C)c3)cc2)c2ccc(-c3cc4ccccc4o3)cc2)C=C1. The molecule has 0 saturated heterocycles. The van der Waals surface area contributed by atoms with Gasteiger partial charge in [-0.1, -0.05) is 78.0 Å². The maximum absolute atomic E-state index is 6.12. The third kappa shape index (κ3) is 5.99. The molecule has 1 unspecified atom stereocenters. The second-order valence-corrected chi connectivity index (χ2v) is 11.7. The number of nitrogens with zero attached hydrogens (tertiary/aromatic N) is 1. The first kappa shape index (κ1) is 26.4. The summed E-state index contributed by atoms with van der Waals surface area (Å²) in [6, 6.07) is 36.7. The van der Waals surface area contributed by atoms with E-state index in [2.05, 4.69) is 133 Å². The van der Waals surface area contributed by atoms with Crippen LogP contribution in [0.4, 0.5) is 11.4 Å². The average Bonchev–Trinajstić information content (AvgIpc) is 3.43. The largest absolute Gasteiger partial charge is 0.456 e. The zero-order chi connectivity index (χ0) is 27.3. The van der Waals surface area contributed by atoms with Crippen molar-refractivity contribution in [2.45, 2.75) is 24.3 Å². The molecule has 0 bridgehead atoms. The predicted octanol–water partition coefficient (Wildman–Crippen LogP) is 10.9. The minimum absolute atomic E-state index is 0.243. The molecule has 1 aliphatic rings. The highest BCUT2D eigenvalue weighted by atomic mass is 32.2. The maximum Gasteiger partial charge on any atom is 0.135 e. The van der Waals surface area contributed by atoms with Crippen LogP contribution < -0.4 is 4.90 Å². The molecule has 0 aliphatic heterocycles. The predicted molar refractivity (Wildman–Crippen MR) is 175 cm³/mol. The molecule has 1 atom stereocenters. The van der Waals surface area contributed by atoms with E-state index in [-0.39, 0.29) is 6.04 Å². The molecule has 0 amide bonds. The van der Waals surface area contributed by atoms with E-state index in [1.807, 2.05) is 18.2 Å². The first-order valence-corrected chi connectivity index (χ1v) is 15.6. The second kappa shape index (κ2) is 12.1. The highest BCUT2D eigenvalue weighted by Gasteiger charge is 2.20. The quantitative estimate of drug-likeness (QED) is 0.176. The Labute approximate surface area is 245 Å². The lowest BCUT2D eigenvalue weighted by molar-refractivity contribution is 0.631. The highest BCUT2D eigenvalue weighted by molar-refractivity contribution is 8.02. The molecule has 2 nitrogen and oxygen atoms in total. The average molecular weight is 558 g/mol.